The lowest BCUT2D eigenvalue weighted by molar-refractivity contribution is -0.142. The van der Waals surface area contributed by atoms with Crippen LogP contribution in [0.4, 0.5) is 4.39 Å². The molecule has 0 saturated carbocycles. The van der Waals surface area contributed by atoms with Gasteiger partial charge in [0, 0.05) is 35.1 Å². The van der Waals surface area contributed by atoms with Gasteiger partial charge in [-0.3, -0.25) is 9.59 Å². The predicted molar refractivity (Wildman–Crippen MR) is 136 cm³/mol. The Morgan fingerprint density at radius 2 is 1.63 bits per heavy atom. The van der Waals surface area contributed by atoms with Crippen LogP contribution in [-0.4, -0.2) is 35.9 Å². The van der Waals surface area contributed by atoms with Gasteiger partial charge in [0.15, 0.2) is 6.61 Å². The minimum Gasteiger partial charge on any atom is -0.484 e. The monoisotopic (exact) mass is 516 g/mol. The molecule has 0 aliphatic rings. The zero-order valence-electron chi connectivity index (χ0n) is 19.3. The van der Waals surface area contributed by atoms with E-state index in [-0.39, 0.29) is 19.1 Å². The van der Waals surface area contributed by atoms with E-state index in [1.807, 2.05) is 37.3 Å². The van der Waals surface area contributed by atoms with Crippen molar-refractivity contribution in [2.24, 2.45) is 0 Å². The highest BCUT2D eigenvalue weighted by molar-refractivity contribution is 6.36. The van der Waals surface area contributed by atoms with E-state index in [1.165, 1.54) is 29.2 Å². The first-order chi connectivity index (χ1) is 16.9. The molecule has 0 spiro atoms. The molecule has 0 aliphatic heterocycles. The van der Waals surface area contributed by atoms with E-state index < -0.39 is 17.8 Å². The van der Waals surface area contributed by atoms with Crippen LogP contribution in [0, 0.1) is 5.82 Å². The molecule has 0 aromatic heterocycles. The van der Waals surface area contributed by atoms with Gasteiger partial charge >= 0.3 is 0 Å². The average molecular weight is 517 g/mol. The summed E-state index contributed by atoms with van der Waals surface area (Å²) in [6.45, 7) is 2.10. The van der Waals surface area contributed by atoms with Crippen molar-refractivity contribution in [3.8, 4) is 5.75 Å². The lowest BCUT2D eigenvalue weighted by Crippen LogP contribution is -2.51. The van der Waals surface area contributed by atoms with Gasteiger partial charge < -0.3 is 15.0 Å². The van der Waals surface area contributed by atoms with E-state index in [4.69, 9.17) is 27.9 Å². The molecule has 0 unspecified atom stereocenters. The molecule has 2 amide bonds. The highest BCUT2D eigenvalue weighted by Crippen LogP contribution is 2.27. The van der Waals surface area contributed by atoms with Gasteiger partial charge in [-0.25, -0.2) is 4.39 Å². The van der Waals surface area contributed by atoms with Gasteiger partial charge in [-0.1, -0.05) is 66.5 Å². The van der Waals surface area contributed by atoms with Gasteiger partial charge in [0.1, 0.15) is 17.6 Å². The number of carbonyl (C=O) groups is 2. The van der Waals surface area contributed by atoms with Crippen LogP contribution >= 0.6 is 23.2 Å². The lowest BCUT2D eigenvalue weighted by atomic mass is 10.0. The van der Waals surface area contributed by atoms with E-state index in [0.29, 0.717) is 34.3 Å². The Labute approximate surface area is 214 Å². The highest BCUT2D eigenvalue weighted by atomic mass is 35.5. The van der Waals surface area contributed by atoms with Gasteiger partial charge in [-0.15, -0.1) is 0 Å². The summed E-state index contributed by atoms with van der Waals surface area (Å²) in [4.78, 5) is 28.2. The lowest BCUT2D eigenvalue weighted by Gasteiger charge is -2.32. The molecule has 1 atom stereocenters. The summed E-state index contributed by atoms with van der Waals surface area (Å²) in [5, 5.41) is 3.68. The first-order valence-electron chi connectivity index (χ1n) is 11.3. The van der Waals surface area contributed by atoms with Crippen molar-refractivity contribution in [3.63, 3.8) is 0 Å². The first-order valence-corrected chi connectivity index (χ1v) is 12.1. The van der Waals surface area contributed by atoms with Gasteiger partial charge in [0.05, 0.1) is 0 Å². The van der Waals surface area contributed by atoms with Crippen molar-refractivity contribution >= 4 is 35.0 Å². The van der Waals surface area contributed by atoms with Crippen molar-refractivity contribution < 1.29 is 18.7 Å². The molecule has 1 N–H and O–H groups in total. The minimum absolute atomic E-state index is 0.0150. The fourth-order valence-corrected chi connectivity index (χ4v) is 4.05. The van der Waals surface area contributed by atoms with E-state index in [0.717, 1.165) is 12.0 Å². The molecule has 0 bridgehead atoms. The minimum atomic E-state index is -0.833. The number of carbonyl (C=O) groups excluding carboxylic acids is 2. The van der Waals surface area contributed by atoms with Crippen LogP contribution < -0.4 is 10.1 Å². The summed E-state index contributed by atoms with van der Waals surface area (Å²) in [7, 11) is 0. The van der Waals surface area contributed by atoms with Crippen LogP contribution in [0.15, 0.2) is 72.8 Å². The topological polar surface area (TPSA) is 58.6 Å². The highest BCUT2D eigenvalue weighted by Gasteiger charge is 2.31. The number of ether oxygens (including phenoxy) is 1. The molecule has 0 heterocycles. The second kappa shape index (κ2) is 13.1. The number of amides is 2. The van der Waals surface area contributed by atoms with Gasteiger partial charge in [-0.05, 0) is 48.4 Å². The number of hydrogen-bond donors (Lipinski definition) is 1. The number of nitrogens with one attached hydrogen (secondary N) is 1. The van der Waals surface area contributed by atoms with Gasteiger partial charge in [0.2, 0.25) is 5.91 Å². The van der Waals surface area contributed by atoms with Crippen LogP contribution in [0.5, 0.6) is 5.75 Å². The summed E-state index contributed by atoms with van der Waals surface area (Å²) >= 11 is 12.8. The van der Waals surface area contributed by atoms with Crippen molar-refractivity contribution in [1.82, 2.24) is 10.2 Å². The molecular formula is C27H27Cl2FN2O3. The molecule has 0 radical (unpaired) electrons. The Hall–Kier alpha value is -3.09. The van der Waals surface area contributed by atoms with Crippen LogP contribution in [-0.2, 0) is 22.6 Å². The predicted octanol–water partition coefficient (Wildman–Crippen LogP) is 5.68. The summed E-state index contributed by atoms with van der Waals surface area (Å²) in [6, 6.07) is 19.1. The van der Waals surface area contributed by atoms with Crippen molar-refractivity contribution in [1.29, 1.82) is 0 Å². The van der Waals surface area contributed by atoms with E-state index in [2.05, 4.69) is 5.32 Å². The molecular weight excluding hydrogens is 490 g/mol. The fraction of sp³-hybridized carbons (Fsp3) is 0.259. The number of hydrogen-bond acceptors (Lipinski definition) is 3. The molecule has 3 rings (SSSR count). The Bertz CT molecular complexity index is 1110. The third-order valence-corrected chi connectivity index (χ3v) is 6.09. The molecule has 5 nitrogen and oxygen atoms in total. The van der Waals surface area contributed by atoms with Gasteiger partial charge in [-0.2, -0.15) is 0 Å². The number of rotatable bonds is 11. The van der Waals surface area contributed by atoms with Gasteiger partial charge in [0.25, 0.3) is 5.91 Å². The van der Waals surface area contributed by atoms with Crippen molar-refractivity contribution in [2.75, 3.05) is 13.2 Å². The van der Waals surface area contributed by atoms with E-state index in [9.17, 15) is 14.0 Å². The Kier molecular flexibility index (Phi) is 9.94. The standard InChI is InChI=1S/C27H27Cl2FN2O3/c1-2-15-31-27(34)25(16-19-7-4-3-5-8-19)32(17-22-23(28)9-6-10-24(22)29)26(33)18-35-21-13-11-20(30)12-14-21/h3-14,25H,2,15-18H2,1H3,(H,31,34)/t25-/m0/s1. The number of benzene rings is 3. The summed E-state index contributed by atoms with van der Waals surface area (Å²) in [5.41, 5.74) is 1.43. The van der Waals surface area contributed by atoms with Crippen molar-refractivity contribution in [3.05, 3.63) is 99.8 Å². The molecule has 3 aromatic carbocycles. The summed E-state index contributed by atoms with van der Waals surface area (Å²) in [5.74, 6) is -0.786. The maximum Gasteiger partial charge on any atom is 0.261 e. The molecule has 0 fully saturated rings. The fourth-order valence-electron chi connectivity index (χ4n) is 3.53. The number of halogens is 3. The quantitative estimate of drug-likeness (QED) is 0.356. The third kappa shape index (κ3) is 7.70. The van der Waals surface area contributed by atoms with E-state index in [1.54, 1.807) is 18.2 Å². The van der Waals surface area contributed by atoms with Crippen LogP contribution in [0.25, 0.3) is 0 Å². The maximum atomic E-state index is 13.5. The molecule has 35 heavy (non-hydrogen) atoms. The van der Waals surface area contributed by atoms with Crippen molar-refractivity contribution in [2.45, 2.75) is 32.4 Å². The Morgan fingerprint density at radius 3 is 2.26 bits per heavy atom. The summed E-state index contributed by atoms with van der Waals surface area (Å²) < 4.78 is 18.8. The summed E-state index contributed by atoms with van der Waals surface area (Å²) in [6.07, 6.45) is 1.04. The SMILES string of the molecule is CCCNC(=O)[C@H](Cc1ccccc1)N(Cc1c(Cl)cccc1Cl)C(=O)COc1ccc(F)cc1. The molecule has 0 saturated heterocycles. The zero-order chi connectivity index (χ0) is 25.2. The first kappa shape index (κ1) is 26.5. The van der Waals surface area contributed by atoms with E-state index >= 15 is 0 Å². The second-order valence-corrected chi connectivity index (χ2v) is 8.78. The van der Waals surface area contributed by atoms with Crippen LogP contribution in [0.3, 0.4) is 0 Å². The normalized spacial score (nSPS) is 11.5. The largest absolute Gasteiger partial charge is 0.484 e. The Balaban J connectivity index is 1.93. The van der Waals surface area contributed by atoms with Crippen LogP contribution in [0.2, 0.25) is 10.0 Å². The zero-order valence-corrected chi connectivity index (χ0v) is 20.9. The smallest absolute Gasteiger partial charge is 0.261 e. The molecule has 184 valence electrons. The van der Waals surface area contributed by atoms with Crippen LogP contribution in [0.1, 0.15) is 24.5 Å². The molecule has 8 heteroatoms. The average Bonchev–Trinajstić information content (AvgIpc) is 2.86. The maximum absolute atomic E-state index is 13.5. The third-order valence-electron chi connectivity index (χ3n) is 5.39. The second-order valence-electron chi connectivity index (χ2n) is 7.96. The number of nitrogens with zero attached hydrogens (tertiary/aromatic N) is 1. The Morgan fingerprint density at radius 1 is 0.971 bits per heavy atom. The molecule has 3 aromatic rings. The molecule has 0 aliphatic carbocycles.